The fourth-order valence-corrected chi connectivity index (χ4v) is 2.94. The number of nitrogens with zero attached hydrogens (tertiary/aromatic N) is 1. The van der Waals surface area contributed by atoms with Crippen molar-refractivity contribution in [2.75, 3.05) is 4.90 Å². The summed E-state index contributed by atoms with van der Waals surface area (Å²) in [5.74, 6) is -4.36. The van der Waals surface area contributed by atoms with Gasteiger partial charge in [-0.2, -0.15) is 0 Å². The monoisotopic (exact) mass is 289 g/mol. The quantitative estimate of drug-likeness (QED) is 0.667. The zero-order valence-corrected chi connectivity index (χ0v) is 11.0. The van der Waals surface area contributed by atoms with Crippen LogP contribution < -0.4 is 4.90 Å². The number of amides is 2. The second-order valence-electron chi connectivity index (χ2n) is 5.11. The van der Waals surface area contributed by atoms with E-state index in [-0.39, 0.29) is 5.56 Å². The average molecular weight is 289 g/mol. The first-order chi connectivity index (χ1) is 10.0. The molecule has 21 heavy (non-hydrogen) atoms. The first-order valence-corrected chi connectivity index (χ1v) is 6.57. The fraction of sp³-hybridized carbons (Fsp3) is 0.267. The zero-order valence-electron chi connectivity index (χ0n) is 11.0. The lowest BCUT2D eigenvalue weighted by molar-refractivity contribution is -0.122. The van der Waals surface area contributed by atoms with E-state index in [4.69, 9.17) is 5.11 Å². The molecular weight excluding hydrogens is 277 g/mol. The second kappa shape index (κ2) is 4.80. The minimum atomic E-state index is -1.38. The third-order valence-corrected chi connectivity index (χ3v) is 3.95. The van der Waals surface area contributed by atoms with Gasteiger partial charge in [0.05, 0.1) is 17.4 Å². The summed E-state index contributed by atoms with van der Waals surface area (Å²) in [4.78, 5) is 36.7. The SMILES string of the molecule is O=C(O)c1cccc(F)c1N1C(=O)C2CC=CCC2C1=O. The summed E-state index contributed by atoms with van der Waals surface area (Å²) in [5, 5.41) is 9.15. The molecule has 1 fully saturated rings. The van der Waals surface area contributed by atoms with Gasteiger partial charge < -0.3 is 5.11 Å². The van der Waals surface area contributed by atoms with Crippen molar-refractivity contribution in [3.05, 3.63) is 41.7 Å². The summed E-state index contributed by atoms with van der Waals surface area (Å²) < 4.78 is 14.1. The number of para-hydroxylation sites is 1. The highest BCUT2D eigenvalue weighted by Gasteiger charge is 2.49. The number of hydrogen-bond acceptors (Lipinski definition) is 3. The van der Waals surface area contributed by atoms with Crippen LogP contribution in [0.1, 0.15) is 23.2 Å². The number of anilines is 1. The molecule has 2 unspecified atom stereocenters. The highest BCUT2D eigenvalue weighted by molar-refractivity contribution is 6.24. The maximum atomic E-state index is 14.1. The number of carbonyl (C=O) groups excluding carboxylic acids is 2. The summed E-state index contributed by atoms with van der Waals surface area (Å²) in [6, 6.07) is 3.46. The van der Waals surface area contributed by atoms with E-state index >= 15 is 0 Å². The lowest BCUT2D eigenvalue weighted by Crippen LogP contribution is -2.33. The molecule has 0 spiro atoms. The number of halogens is 1. The van der Waals surface area contributed by atoms with Gasteiger partial charge in [-0.1, -0.05) is 18.2 Å². The Morgan fingerprint density at radius 2 is 1.71 bits per heavy atom. The average Bonchev–Trinajstić information content (AvgIpc) is 2.72. The number of imide groups is 1. The van der Waals surface area contributed by atoms with Crippen LogP contribution in [0.5, 0.6) is 0 Å². The van der Waals surface area contributed by atoms with Crippen molar-refractivity contribution in [2.45, 2.75) is 12.8 Å². The Hall–Kier alpha value is -2.50. The molecule has 1 saturated heterocycles. The van der Waals surface area contributed by atoms with Gasteiger partial charge in [-0.3, -0.25) is 9.59 Å². The Labute approximate surface area is 119 Å². The first-order valence-electron chi connectivity index (χ1n) is 6.57. The third kappa shape index (κ3) is 1.94. The summed E-state index contributed by atoms with van der Waals surface area (Å²) >= 11 is 0. The van der Waals surface area contributed by atoms with Crippen LogP contribution in [-0.2, 0) is 9.59 Å². The van der Waals surface area contributed by atoms with Crippen molar-refractivity contribution in [3.8, 4) is 0 Å². The van der Waals surface area contributed by atoms with Crippen molar-refractivity contribution in [1.82, 2.24) is 0 Å². The van der Waals surface area contributed by atoms with Crippen molar-refractivity contribution in [3.63, 3.8) is 0 Å². The van der Waals surface area contributed by atoms with Crippen LogP contribution in [0.4, 0.5) is 10.1 Å². The topological polar surface area (TPSA) is 74.7 Å². The van der Waals surface area contributed by atoms with Gasteiger partial charge in [-0.15, -0.1) is 0 Å². The Morgan fingerprint density at radius 3 is 2.24 bits per heavy atom. The van der Waals surface area contributed by atoms with Crippen molar-refractivity contribution in [1.29, 1.82) is 0 Å². The van der Waals surface area contributed by atoms with Crippen LogP contribution in [0.25, 0.3) is 0 Å². The number of carboxylic acids is 1. The fourth-order valence-electron chi connectivity index (χ4n) is 2.94. The minimum Gasteiger partial charge on any atom is -0.478 e. The van der Waals surface area contributed by atoms with E-state index in [0.717, 1.165) is 6.07 Å². The Kier molecular flexibility index (Phi) is 3.08. The van der Waals surface area contributed by atoms with Crippen molar-refractivity contribution in [2.24, 2.45) is 11.8 Å². The Morgan fingerprint density at radius 1 is 1.14 bits per heavy atom. The molecule has 2 aliphatic rings. The van der Waals surface area contributed by atoms with Crippen LogP contribution in [0.15, 0.2) is 30.4 Å². The molecule has 6 heteroatoms. The summed E-state index contributed by atoms with van der Waals surface area (Å²) in [5.41, 5.74) is -0.835. The number of benzene rings is 1. The number of hydrogen-bond donors (Lipinski definition) is 1. The molecule has 0 radical (unpaired) electrons. The van der Waals surface area contributed by atoms with Crippen molar-refractivity contribution >= 4 is 23.5 Å². The molecule has 1 heterocycles. The smallest absolute Gasteiger partial charge is 0.337 e. The molecule has 2 atom stereocenters. The predicted octanol–water partition coefficient (Wildman–Crippen LogP) is 1.98. The molecule has 108 valence electrons. The molecule has 1 aromatic carbocycles. The number of rotatable bonds is 2. The van der Waals surface area contributed by atoms with Gasteiger partial charge in [0.15, 0.2) is 0 Å². The lowest BCUT2D eigenvalue weighted by atomic mass is 9.85. The van der Waals surface area contributed by atoms with Gasteiger partial charge in [0, 0.05) is 0 Å². The Bertz CT molecular complexity index is 656. The predicted molar refractivity (Wildman–Crippen MR) is 71.2 cm³/mol. The van der Waals surface area contributed by atoms with Crippen LogP contribution in [-0.4, -0.2) is 22.9 Å². The molecule has 0 saturated carbocycles. The standard InChI is InChI=1S/C15H12FNO4/c16-11-7-3-6-10(15(20)21)12(11)17-13(18)8-4-1-2-5-9(8)14(17)19/h1-3,6-9H,4-5H2,(H,20,21). The van der Waals surface area contributed by atoms with E-state index in [2.05, 4.69) is 0 Å². The van der Waals surface area contributed by atoms with E-state index < -0.39 is 41.1 Å². The largest absolute Gasteiger partial charge is 0.478 e. The molecule has 1 aliphatic heterocycles. The van der Waals surface area contributed by atoms with Gasteiger partial charge in [0.2, 0.25) is 11.8 Å². The summed E-state index contributed by atoms with van der Waals surface area (Å²) in [6.07, 6.45) is 4.47. The number of allylic oxidation sites excluding steroid dienone is 2. The van der Waals surface area contributed by atoms with E-state index in [1.807, 2.05) is 12.2 Å². The molecule has 0 bridgehead atoms. The normalized spacial score (nSPS) is 24.3. The first kappa shape index (κ1) is 13.5. The number of carbonyl (C=O) groups is 3. The van der Waals surface area contributed by atoms with E-state index in [1.165, 1.54) is 12.1 Å². The van der Waals surface area contributed by atoms with Crippen molar-refractivity contribution < 1.29 is 23.9 Å². The number of aromatic carboxylic acids is 1. The maximum absolute atomic E-state index is 14.1. The molecule has 3 rings (SSSR count). The maximum Gasteiger partial charge on any atom is 0.337 e. The van der Waals surface area contributed by atoms with Crippen LogP contribution in [0.3, 0.4) is 0 Å². The minimum absolute atomic E-state index is 0.386. The summed E-state index contributed by atoms with van der Waals surface area (Å²) in [7, 11) is 0. The third-order valence-electron chi connectivity index (χ3n) is 3.95. The lowest BCUT2D eigenvalue weighted by Gasteiger charge is -2.17. The number of carboxylic acid groups (broad SMARTS) is 1. The van der Waals surface area contributed by atoms with Crippen LogP contribution in [0, 0.1) is 17.7 Å². The van der Waals surface area contributed by atoms with E-state index in [1.54, 1.807) is 0 Å². The molecule has 1 aliphatic carbocycles. The molecule has 1 N–H and O–H groups in total. The zero-order chi connectivity index (χ0) is 15.1. The second-order valence-corrected chi connectivity index (χ2v) is 5.11. The molecule has 1 aromatic rings. The van der Waals surface area contributed by atoms with Crippen LogP contribution in [0.2, 0.25) is 0 Å². The molecule has 2 amide bonds. The Balaban J connectivity index is 2.12. The van der Waals surface area contributed by atoms with E-state index in [0.29, 0.717) is 17.7 Å². The van der Waals surface area contributed by atoms with Gasteiger partial charge in [0.25, 0.3) is 0 Å². The summed E-state index contributed by atoms with van der Waals surface area (Å²) in [6.45, 7) is 0. The van der Waals surface area contributed by atoms with Gasteiger partial charge in [0.1, 0.15) is 11.5 Å². The highest BCUT2D eigenvalue weighted by Crippen LogP contribution is 2.39. The van der Waals surface area contributed by atoms with Gasteiger partial charge >= 0.3 is 5.97 Å². The van der Waals surface area contributed by atoms with Gasteiger partial charge in [-0.25, -0.2) is 14.1 Å². The molecule has 0 aromatic heterocycles. The van der Waals surface area contributed by atoms with Crippen LogP contribution >= 0.6 is 0 Å². The number of fused-ring (bicyclic) bond motifs is 1. The van der Waals surface area contributed by atoms with Gasteiger partial charge in [-0.05, 0) is 25.0 Å². The molecular formula is C15H12FNO4. The van der Waals surface area contributed by atoms with E-state index in [9.17, 15) is 18.8 Å². The molecule has 5 nitrogen and oxygen atoms in total. The highest BCUT2D eigenvalue weighted by atomic mass is 19.1.